The van der Waals surface area contributed by atoms with E-state index in [1.807, 2.05) is 6.92 Å². The van der Waals surface area contributed by atoms with Crippen molar-refractivity contribution in [3.8, 4) is 17.1 Å². The maximum Gasteiger partial charge on any atom is 0.352 e. The summed E-state index contributed by atoms with van der Waals surface area (Å²) in [5.41, 5.74) is 9.33. The maximum atomic E-state index is 13.3. The Bertz CT molecular complexity index is 1340. The van der Waals surface area contributed by atoms with Crippen LogP contribution in [0.2, 0.25) is 0 Å². The average Bonchev–Trinajstić information content (AvgIpc) is 3.12. The topological polar surface area (TPSA) is 134 Å². The molecule has 2 aliphatic heterocycles. The van der Waals surface area contributed by atoms with Gasteiger partial charge in [0.1, 0.15) is 12.4 Å². The highest BCUT2D eigenvalue weighted by molar-refractivity contribution is 5.89. The smallest absolute Gasteiger partial charge is 0.352 e. The summed E-state index contributed by atoms with van der Waals surface area (Å²) in [5, 5.41) is 10.8. The highest BCUT2D eigenvalue weighted by Crippen LogP contribution is 2.39. The molecule has 1 atom stereocenters. The normalized spacial score (nSPS) is 16.5. The van der Waals surface area contributed by atoms with E-state index in [0.717, 1.165) is 16.5 Å². The lowest BCUT2D eigenvalue weighted by Gasteiger charge is -2.24. The Kier molecular flexibility index (Phi) is 4.30. The lowest BCUT2D eigenvalue weighted by molar-refractivity contribution is -0.170. The molecule has 0 spiro atoms. The van der Waals surface area contributed by atoms with E-state index >= 15 is 0 Å². The Labute approximate surface area is 176 Å². The van der Waals surface area contributed by atoms with Crippen LogP contribution >= 0.6 is 0 Å². The number of hydrogen-bond donors (Lipinski definition) is 2. The summed E-state index contributed by atoms with van der Waals surface area (Å²) in [6, 6.07) is 6.64. The zero-order chi connectivity index (χ0) is 21.9. The van der Waals surface area contributed by atoms with Crippen LogP contribution in [-0.4, -0.2) is 33.1 Å². The van der Waals surface area contributed by atoms with E-state index in [9.17, 15) is 19.5 Å². The van der Waals surface area contributed by atoms with Crippen LogP contribution in [-0.2, 0) is 38.6 Å². The van der Waals surface area contributed by atoms with Crippen LogP contribution in [0, 0.1) is 0 Å². The number of hydrogen-bond acceptors (Lipinski definition) is 8. The molecule has 0 amide bonds. The SMILES string of the molecule is CCc1c2c(nc3ccc(O)cc13)-c1cc3c(c(=O)n1C2)COC(=O)C3OC(=O)CN. The number of benzene rings is 1. The van der Waals surface area contributed by atoms with Crippen molar-refractivity contribution in [1.82, 2.24) is 9.55 Å². The summed E-state index contributed by atoms with van der Waals surface area (Å²) in [6.07, 6.45) is -0.656. The van der Waals surface area contributed by atoms with E-state index < -0.39 is 24.6 Å². The third-order valence-corrected chi connectivity index (χ3v) is 5.81. The third kappa shape index (κ3) is 2.81. The minimum Gasteiger partial charge on any atom is -0.508 e. The van der Waals surface area contributed by atoms with E-state index in [0.29, 0.717) is 35.4 Å². The van der Waals surface area contributed by atoms with Gasteiger partial charge < -0.3 is 24.9 Å². The fourth-order valence-corrected chi connectivity index (χ4v) is 4.38. The van der Waals surface area contributed by atoms with Gasteiger partial charge in [0.2, 0.25) is 6.10 Å². The molecule has 0 fully saturated rings. The van der Waals surface area contributed by atoms with Gasteiger partial charge in [0.25, 0.3) is 5.56 Å². The summed E-state index contributed by atoms with van der Waals surface area (Å²) in [4.78, 5) is 42.0. The molecule has 1 aromatic carbocycles. The number of phenolic OH excluding ortho intramolecular Hbond substituents is 1. The van der Waals surface area contributed by atoms with Gasteiger partial charge in [-0.05, 0) is 36.2 Å². The number of ether oxygens (including phenoxy) is 2. The van der Waals surface area contributed by atoms with Gasteiger partial charge in [-0.3, -0.25) is 9.59 Å². The van der Waals surface area contributed by atoms with Gasteiger partial charge in [0, 0.05) is 16.5 Å². The molecule has 2 aliphatic rings. The molecule has 0 aliphatic carbocycles. The molecule has 9 nitrogen and oxygen atoms in total. The number of rotatable bonds is 3. The molecular formula is C22H19N3O6. The van der Waals surface area contributed by atoms with Gasteiger partial charge in [-0.25, -0.2) is 9.78 Å². The van der Waals surface area contributed by atoms with Crippen molar-refractivity contribution in [2.24, 2.45) is 5.73 Å². The number of fused-ring (bicyclic) bond motifs is 5. The molecule has 0 radical (unpaired) electrons. The molecule has 3 aromatic rings. The van der Waals surface area contributed by atoms with Crippen molar-refractivity contribution in [3.05, 3.63) is 56.9 Å². The number of cyclic esters (lactones) is 1. The Hall–Kier alpha value is -3.72. The highest BCUT2D eigenvalue weighted by atomic mass is 16.6. The first-order chi connectivity index (χ1) is 14.9. The van der Waals surface area contributed by atoms with Crippen LogP contribution < -0.4 is 11.3 Å². The Morgan fingerprint density at radius 3 is 2.87 bits per heavy atom. The summed E-state index contributed by atoms with van der Waals surface area (Å²) < 4.78 is 11.9. The second-order valence-corrected chi connectivity index (χ2v) is 7.51. The van der Waals surface area contributed by atoms with Crippen LogP contribution in [0.15, 0.2) is 29.1 Å². The van der Waals surface area contributed by atoms with Crippen LogP contribution in [0.5, 0.6) is 5.75 Å². The number of pyridine rings is 2. The zero-order valence-corrected chi connectivity index (χ0v) is 16.7. The van der Waals surface area contributed by atoms with Crippen molar-refractivity contribution < 1.29 is 24.2 Å². The standard InChI is InChI=1S/C22H19N3O6/c1-2-11-12-5-10(26)3-4-16(12)24-19-14(11)8-25-17(19)6-13-15(21(25)28)9-30-22(29)20(13)31-18(27)7-23/h3-6,20,26H,2,7-9,23H2,1H3. The lowest BCUT2D eigenvalue weighted by Crippen LogP contribution is -2.35. The summed E-state index contributed by atoms with van der Waals surface area (Å²) in [6.45, 7) is 1.74. The molecule has 5 rings (SSSR count). The molecule has 4 heterocycles. The Morgan fingerprint density at radius 2 is 2.13 bits per heavy atom. The van der Waals surface area contributed by atoms with Crippen molar-refractivity contribution in [1.29, 1.82) is 0 Å². The average molecular weight is 421 g/mol. The minimum atomic E-state index is -1.34. The summed E-state index contributed by atoms with van der Waals surface area (Å²) >= 11 is 0. The number of carbonyl (C=O) groups excluding carboxylic acids is 2. The fraction of sp³-hybridized carbons (Fsp3) is 0.273. The molecule has 3 N–H and O–H groups in total. The highest BCUT2D eigenvalue weighted by Gasteiger charge is 2.37. The number of nitrogens with zero attached hydrogens (tertiary/aromatic N) is 2. The Morgan fingerprint density at radius 1 is 1.32 bits per heavy atom. The maximum absolute atomic E-state index is 13.3. The number of carbonyl (C=O) groups is 2. The molecule has 1 unspecified atom stereocenters. The van der Waals surface area contributed by atoms with Crippen LogP contribution in [0.1, 0.15) is 35.3 Å². The molecule has 0 saturated heterocycles. The van der Waals surface area contributed by atoms with Gasteiger partial charge >= 0.3 is 11.9 Å². The monoisotopic (exact) mass is 421 g/mol. The number of aromatic nitrogens is 2. The lowest BCUT2D eigenvalue weighted by atomic mass is 9.97. The Balaban J connectivity index is 1.75. The van der Waals surface area contributed by atoms with Crippen LogP contribution in [0.25, 0.3) is 22.3 Å². The van der Waals surface area contributed by atoms with Gasteiger partial charge in [-0.15, -0.1) is 0 Å². The van der Waals surface area contributed by atoms with E-state index in [-0.39, 0.29) is 23.5 Å². The van der Waals surface area contributed by atoms with E-state index in [1.165, 1.54) is 0 Å². The van der Waals surface area contributed by atoms with E-state index in [1.54, 1.807) is 28.8 Å². The number of nitrogens with two attached hydrogens (primary N) is 1. The van der Waals surface area contributed by atoms with Crippen molar-refractivity contribution in [3.63, 3.8) is 0 Å². The first-order valence-corrected chi connectivity index (χ1v) is 9.90. The number of aromatic hydroxyl groups is 1. The zero-order valence-electron chi connectivity index (χ0n) is 16.7. The van der Waals surface area contributed by atoms with E-state index in [2.05, 4.69) is 0 Å². The number of phenols is 1. The first-order valence-electron chi connectivity index (χ1n) is 9.90. The second kappa shape index (κ2) is 6.92. The largest absolute Gasteiger partial charge is 0.508 e. The van der Waals surface area contributed by atoms with Gasteiger partial charge in [0.05, 0.1) is 35.6 Å². The van der Waals surface area contributed by atoms with Gasteiger partial charge in [-0.2, -0.15) is 0 Å². The molecule has 158 valence electrons. The minimum absolute atomic E-state index is 0.146. The molecular weight excluding hydrogens is 402 g/mol. The predicted molar refractivity (Wildman–Crippen MR) is 109 cm³/mol. The van der Waals surface area contributed by atoms with E-state index in [4.69, 9.17) is 20.2 Å². The van der Waals surface area contributed by atoms with Crippen molar-refractivity contribution >= 4 is 22.8 Å². The predicted octanol–water partition coefficient (Wildman–Crippen LogP) is 1.29. The van der Waals surface area contributed by atoms with Crippen LogP contribution in [0.4, 0.5) is 0 Å². The molecule has 0 saturated carbocycles. The second-order valence-electron chi connectivity index (χ2n) is 7.51. The molecule has 31 heavy (non-hydrogen) atoms. The first kappa shape index (κ1) is 19.3. The molecule has 0 bridgehead atoms. The number of esters is 2. The van der Waals surface area contributed by atoms with Gasteiger partial charge in [0.15, 0.2) is 0 Å². The van der Waals surface area contributed by atoms with Gasteiger partial charge in [-0.1, -0.05) is 6.92 Å². The summed E-state index contributed by atoms with van der Waals surface area (Å²) in [5.74, 6) is -1.37. The van der Waals surface area contributed by atoms with Crippen molar-refractivity contribution in [2.45, 2.75) is 32.6 Å². The molecule has 2 aromatic heterocycles. The third-order valence-electron chi connectivity index (χ3n) is 5.81. The summed E-state index contributed by atoms with van der Waals surface area (Å²) in [7, 11) is 0. The fourth-order valence-electron chi connectivity index (χ4n) is 4.38. The van der Waals surface area contributed by atoms with Crippen LogP contribution in [0.3, 0.4) is 0 Å². The number of aryl methyl sites for hydroxylation is 1. The molecule has 9 heteroatoms. The van der Waals surface area contributed by atoms with Crippen molar-refractivity contribution in [2.75, 3.05) is 6.54 Å². The quantitative estimate of drug-likeness (QED) is 0.473.